The van der Waals surface area contributed by atoms with Gasteiger partial charge < -0.3 is 25.8 Å². The van der Waals surface area contributed by atoms with E-state index in [4.69, 9.17) is 10.6 Å². The molecule has 3 heterocycles. The number of carbonyl (C=O) groups is 1. The molecule has 12 heteroatoms. The van der Waals surface area contributed by atoms with Crippen molar-refractivity contribution < 1.29 is 32.6 Å². The van der Waals surface area contributed by atoms with Crippen molar-refractivity contribution in [3.8, 4) is 0 Å². The monoisotopic (exact) mass is 349 g/mol. The van der Waals surface area contributed by atoms with Gasteiger partial charge in [0.1, 0.15) is 6.54 Å². The summed E-state index contributed by atoms with van der Waals surface area (Å²) in [5.74, 6) is 0. The lowest BCUT2D eigenvalue weighted by molar-refractivity contribution is -0.399. The van der Waals surface area contributed by atoms with Gasteiger partial charge in [-0.3, -0.25) is 0 Å². The molecule has 0 aromatic heterocycles. The van der Waals surface area contributed by atoms with Gasteiger partial charge in [0.15, 0.2) is 0 Å². The molecular weight excluding hydrogens is 330 g/mol. The van der Waals surface area contributed by atoms with Crippen LogP contribution in [-0.2, 0) is 19.5 Å². The Hall–Kier alpha value is -1.47. The van der Waals surface area contributed by atoms with Crippen molar-refractivity contribution in [3.63, 3.8) is 0 Å². The van der Waals surface area contributed by atoms with Crippen LogP contribution in [0.2, 0.25) is 0 Å². The number of nitrogens with two attached hydrogens (primary N) is 1. The van der Waals surface area contributed by atoms with Crippen LogP contribution in [0.4, 0.5) is 4.79 Å². The number of piperidine rings is 1. The van der Waals surface area contributed by atoms with E-state index in [1.54, 1.807) is 0 Å². The first kappa shape index (κ1) is 16.4. The fourth-order valence-corrected chi connectivity index (χ4v) is 3.63. The Labute approximate surface area is 133 Å². The van der Waals surface area contributed by atoms with Crippen molar-refractivity contribution in [1.29, 1.82) is 0 Å². The number of amides is 2. The van der Waals surface area contributed by atoms with E-state index in [9.17, 15) is 17.8 Å². The summed E-state index contributed by atoms with van der Waals surface area (Å²) in [5, 5.41) is 4.72. The Kier molecular flexibility index (Phi) is 3.96. The minimum atomic E-state index is -4.99. The predicted octanol–water partition coefficient (Wildman–Crippen LogP) is -2.64. The van der Waals surface area contributed by atoms with Crippen molar-refractivity contribution in [2.75, 3.05) is 19.6 Å². The highest BCUT2D eigenvalue weighted by Gasteiger charge is 2.51. The fraction of sp³-hybridized carbons (Fsp3) is 0.818. The Bertz CT molecular complexity index is 633. The fourth-order valence-electron chi connectivity index (χ4n) is 3.25. The molecule has 3 atom stereocenters. The van der Waals surface area contributed by atoms with E-state index in [-0.39, 0.29) is 19.1 Å². The summed E-state index contributed by atoms with van der Waals surface area (Å²) in [6.07, 6.45) is 1.55. The topological polar surface area (TPSA) is 165 Å². The second-order valence-electron chi connectivity index (χ2n) is 5.98. The van der Waals surface area contributed by atoms with E-state index in [1.165, 1.54) is 4.90 Å². The van der Waals surface area contributed by atoms with E-state index < -0.39 is 28.1 Å². The van der Waals surface area contributed by atoms with E-state index in [0.717, 1.165) is 0 Å². The molecule has 2 saturated heterocycles. The molecule has 0 saturated carbocycles. The summed E-state index contributed by atoms with van der Waals surface area (Å²) in [7, 11) is -4.99. The molecule has 0 aliphatic carbocycles. The SMILES string of the molecule is NCC1(C[NH3+])CC([C@@H]2CC[C@@H]3CN2C(=O)N3OS(=O)(=O)[O-])=NO1. The smallest absolute Gasteiger partial charge is 0.345 e. The van der Waals surface area contributed by atoms with Gasteiger partial charge in [-0.15, -0.1) is 0 Å². The van der Waals surface area contributed by atoms with E-state index in [1.807, 2.05) is 0 Å². The van der Waals surface area contributed by atoms with Crippen LogP contribution in [0.3, 0.4) is 0 Å². The van der Waals surface area contributed by atoms with Crippen molar-refractivity contribution in [2.24, 2.45) is 10.9 Å². The maximum atomic E-state index is 12.3. The summed E-state index contributed by atoms with van der Waals surface area (Å²) in [6, 6.07) is -1.43. The molecule has 3 rings (SSSR count). The predicted molar refractivity (Wildman–Crippen MR) is 74.2 cm³/mol. The van der Waals surface area contributed by atoms with Crippen LogP contribution >= 0.6 is 0 Å². The zero-order valence-electron chi connectivity index (χ0n) is 12.4. The number of hydrogen-bond acceptors (Lipinski definition) is 8. The van der Waals surface area contributed by atoms with Gasteiger partial charge in [0.2, 0.25) is 16.0 Å². The number of oxime groups is 1. The van der Waals surface area contributed by atoms with Gasteiger partial charge in [-0.2, -0.15) is 9.35 Å². The Morgan fingerprint density at radius 2 is 2.26 bits per heavy atom. The number of hydrogen-bond donors (Lipinski definition) is 2. The van der Waals surface area contributed by atoms with Crippen LogP contribution in [-0.4, -0.2) is 72.0 Å². The Morgan fingerprint density at radius 3 is 2.83 bits per heavy atom. The molecule has 23 heavy (non-hydrogen) atoms. The summed E-state index contributed by atoms with van der Waals surface area (Å²) < 4.78 is 36.6. The number of rotatable bonds is 5. The highest BCUT2D eigenvalue weighted by atomic mass is 32.3. The number of hydroxylamine groups is 2. The molecule has 130 valence electrons. The van der Waals surface area contributed by atoms with Crippen LogP contribution < -0.4 is 11.5 Å². The zero-order valence-corrected chi connectivity index (χ0v) is 13.2. The third-order valence-corrected chi connectivity index (χ3v) is 4.91. The van der Waals surface area contributed by atoms with E-state index in [0.29, 0.717) is 36.6 Å². The molecule has 0 aromatic rings. The summed E-state index contributed by atoms with van der Waals surface area (Å²) in [4.78, 5) is 19.2. The molecule has 0 aromatic carbocycles. The van der Waals surface area contributed by atoms with Crippen molar-refractivity contribution in [2.45, 2.75) is 36.9 Å². The Balaban J connectivity index is 1.75. The third-order valence-electron chi connectivity index (χ3n) is 4.57. The van der Waals surface area contributed by atoms with E-state index in [2.05, 4.69) is 15.2 Å². The number of fused-ring (bicyclic) bond motifs is 2. The van der Waals surface area contributed by atoms with Crippen molar-refractivity contribution in [3.05, 3.63) is 0 Å². The van der Waals surface area contributed by atoms with Crippen molar-refractivity contribution >= 4 is 22.1 Å². The van der Waals surface area contributed by atoms with Gasteiger partial charge in [-0.25, -0.2) is 13.2 Å². The maximum Gasteiger partial charge on any atom is 0.345 e. The van der Waals surface area contributed by atoms with Gasteiger partial charge in [-0.05, 0) is 12.8 Å². The molecule has 11 nitrogen and oxygen atoms in total. The largest absolute Gasteiger partial charge is 0.724 e. The lowest BCUT2D eigenvalue weighted by Crippen LogP contribution is -2.64. The first-order chi connectivity index (χ1) is 10.8. The first-order valence-electron chi connectivity index (χ1n) is 7.28. The van der Waals surface area contributed by atoms with Crippen LogP contribution in [0.1, 0.15) is 19.3 Å². The molecule has 3 aliphatic rings. The minimum Gasteiger partial charge on any atom is -0.724 e. The molecule has 1 unspecified atom stereocenters. The minimum absolute atomic E-state index is 0.260. The Morgan fingerprint density at radius 1 is 1.52 bits per heavy atom. The van der Waals surface area contributed by atoms with Gasteiger partial charge in [0.05, 0.1) is 17.8 Å². The quantitative estimate of drug-likeness (QED) is 0.404. The second kappa shape index (κ2) is 5.56. The summed E-state index contributed by atoms with van der Waals surface area (Å²) >= 11 is 0. The highest BCUT2D eigenvalue weighted by Crippen LogP contribution is 2.34. The van der Waals surface area contributed by atoms with Gasteiger partial charge in [-0.1, -0.05) is 5.16 Å². The molecule has 2 amide bonds. The van der Waals surface area contributed by atoms with Gasteiger partial charge in [0, 0.05) is 19.5 Å². The molecule has 5 N–H and O–H groups in total. The lowest BCUT2D eigenvalue weighted by atomic mass is 9.90. The van der Waals surface area contributed by atoms with Gasteiger partial charge >= 0.3 is 6.03 Å². The molecular formula is C11H19N5O6S. The highest BCUT2D eigenvalue weighted by molar-refractivity contribution is 7.80. The molecule has 2 fully saturated rings. The molecule has 3 aliphatic heterocycles. The second-order valence-corrected chi connectivity index (χ2v) is 6.94. The van der Waals surface area contributed by atoms with Gasteiger partial charge in [0.25, 0.3) is 0 Å². The molecule has 2 bridgehead atoms. The summed E-state index contributed by atoms with van der Waals surface area (Å²) in [6.45, 7) is 0.984. The third kappa shape index (κ3) is 2.87. The number of quaternary nitrogens is 1. The average Bonchev–Trinajstić information content (AvgIpc) is 3.04. The normalized spacial score (nSPS) is 33.9. The maximum absolute atomic E-state index is 12.3. The van der Waals surface area contributed by atoms with Crippen molar-refractivity contribution in [1.82, 2.24) is 9.96 Å². The van der Waals surface area contributed by atoms with Crippen LogP contribution in [0.15, 0.2) is 5.16 Å². The standard InChI is InChI=1S/C11H19N5O6S/c12-5-11(6-13)3-8(14-21-11)9-2-1-7-4-15(9)10(17)16(7)22-23(18,19)20/h7,9H,1-6,12-13H2,(H,18,19,20)/t7-,9+/m1/s1. The number of nitrogens with zero attached hydrogens (tertiary/aromatic N) is 3. The number of carbonyl (C=O) groups excluding carboxylic acids is 1. The van der Waals surface area contributed by atoms with E-state index >= 15 is 0 Å². The zero-order chi connectivity index (χ0) is 16.8. The van der Waals surface area contributed by atoms with Crippen LogP contribution in [0, 0.1) is 0 Å². The number of urea groups is 1. The van der Waals surface area contributed by atoms with Crippen LogP contribution in [0.5, 0.6) is 0 Å². The average molecular weight is 349 g/mol. The first-order valence-corrected chi connectivity index (χ1v) is 8.61. The summed E-state index contributed by atoms with van der Waals surface area (Å²) in [5.41, 5.74) is 9.56. The molecule has 0 radical (unpaired) electrons. The lowest BCUT2D eigenvalue weighted by Gasteiger charge is -2.30. The van der Waals surface area contributed by atoms with Crippen LogP contribution in [0.25, 0.3) is 0 Å². The molecule has 0 spiro atoms.